The van der Waals surface area contributed by atoms with Crippen molar-refractivity contribution in [2.45, 2.75) is 108 Å². The first kappa shape index (κ1) is 15.3. The molecule has 0 bridgehead atoms. The third-order valence-electron chi connectivity index (χ3n) is 6.24. The van der Waals surface area contributed by atoms with Gasteiger partial charge in [0.15, 0.2) is 0 Å². The molecule has 0 aliphatic heterocycles. The fourth-order valence-corrected chi connectivity index (χ4v) is 5.20. The van der Waals surface area contributed by atoms with Crippen LogP contribution in [0.5, 0.6) is 0 Å². The Kier molecular flexibility index (Phi) is 5.58. The van der Waals surface area contributed by atoms with E-state index in [1.54, 1.807) is 0 Å². The summed E-state index contributed by atoms with van der Waals surface area (Å²) in [5.41, 5.74) is 0. The molecule has 0 N–H and O–H groups in total. The van der Waals surface area contributed by atoms with Crippen molar-refractivity contribution < 1.29 is 0 Å². The lowest BCUT2D eigenvalue weighted by atomic mass is 9.81. The maximum absolute atomic E-state index is 9.34. The van der Waals surface area contributed by atoms with E-state index in [2.05, 4.69) is 11.0 Å². The van der Waals surface area contributed by atoms with Gasteiger partial charge in [0.25, 0.3) is 0 Å². The Hall–Kier alpha value is -0.550. The molecule has 2 unspecified atom stereocenters. The molecule has 0 radical (unpaired) electrons. The predicted molar refractivity (Wildman–Crippen MR) is 86.9 cm³/mol. The Labute approximate surface area is 130 Å². The van der Waals surface area contributed by atoms with Crippen molar-refractivity contribution in [1.29, 1.82) is 5.26 Å². The zero-order chi connectivity index (χ0) is 14.5. The smallest absolute Gasteiger partial charge is 0.0656 e. The molecule has 0 aromatic heterocycles. The summed E-state index contributed by atoms with van der Waals surface area (Å²) < 4.78 is 0. The minimum atomic E-state index is 0.332. The van der Waals surface area contributed by atoms with E-state index in [9.17, 15) is 5.26 Å². The topological polar surface area (TPSA) is 27.0 Å². The molecule has 3 rings (SSSR count). The van der Waals surface area contributed by atoms with Crippen LogP contribution in [0.15, 0.2) is 0 Å². The Morgan fingerprint density at radius 3 is 1.67 bits per heavy atom. The third kappa shape index (κ3) is 3.81. The van der Waals surface area contributed by atoms with E-state index in [0.717, 1.165) is 31.0 Å². The molecular formula is C19H32N2. The van der Waals surface area contributed by atoms with Gasteiger partial charge in [0.2, 0.25) is 0 Å². The maximum atomic E-state index is 9.34. The molecule has 2 nitrogen and oxygen atoms in total. The van der Waals surface area contributed by atoms with Crippen LogP contribution < -0.4 is 0 Å². The average Bonchev–Trinajstić information content (AvgIpc) is 2.57. The van der Waals surface area contributed by atoms with E-state index in [0.29, 0.717) is 5.92 Å². The summed E-state index contributed by atoms with van der Waals surface area (Å²) >= 11 is 0. The van der Waals surface area contributed by atoms with Gasteiger partial charge in [0.1, 0.15) is 0 Å². The van der Waals surface area contributed by atoms with Crippen LogP contribution in [0.25, 0.3) is 0 Å². The minimum absolute atomic E-state index is 0.332. The van der Waals surface area contributed by atoms with E-state index < -0.39 is 0 Å². The van der Waals surface area contributed by atoms with Crippen molar-refractivity contribution in [3.63, 3.8) is 0 Å². The van der Waals surface area contributed by atoms with Gasteiger partial charge in [0.05, 0.1) is 6.07 Å². The zero-order valence-electron chi connectivity index (χ0n) is 13.6. The first-order valence-electron chi connectivity index (χ1n) is 9.55. The quantitative estimate of drug-likeness (QED) is 0.727. The van der Waals surface area contributed by atoms with Crippen molar-refractivity contribution in [2.75, 3.05) is 0 Å². The fourth-order valence-electron chi connectivity index (χ4n) is 5.20. The zero-order valence-corrected chi connectivity index (χ0v) is 13.6. The van der Waals surface area contributed by atoms with E-state index in [1.165, 1.54) is 77.0 Å². The van der Waals surface area contributed by atoms with Crippen LogP contribution in [0.2, 0.25) is 0 Å². The fraction of sp³-hybridized carbons (Fsp3) is 0.947. The Morgan fingerprint density at radius 2 is 1.14 bits per heavy atom. The first-order chi connectivity index (χ1) is 10.4. The van der Waals surface area contributed by atoms with Gasteiger partial charge in [-0.2, -0.15) is 5.26 Å². The molecule has 21 heavy (non-hydrogen) atoms. The van der Waals surface area contributed by atoms with Crippen molar-refractivity contribution in [3.05, 3.63) is 0 Å². The van der Waals surface area contributed by atoms with Gasteiger partial charge < -0.3 is 0 Å². The highest BCUT2D eigenvalue weighted by Crippen LogP contribution is 2.37. The molecule has 2 atom stereocenters. The Balaban J connectivity index is 1.72. The second-order valence-corrected chi connectivity index (χ2v) is 7.68. The van der Waals surface area contributed by atoms with E-state index in [1.807, 2.05) is 0 Å². The van der Waals surface area contributed by atoms with Crippen molar-refractivity contribution in [1.82, 2.24) is 4.90 Å². The van der Waals surface area contributed by atoms with Gasteiger partial charge in [0, 0.05) is 24.0 Å². The highest BCUT2D eigenvalue weighted by molar-refractivity contribution is 4.95. The molecule has 3 aliphatic carbocycles. The number of nitrogens with zero attached hydrogens (tertiary/aromatic N) is 2. The summed E-state index contributed by atoms with van der Waals surface area (Å²) in [6, 6.07) is 4.96. The van der Waals surface area contributed by atoms with Crippen LogP contribution in [0.4, 0.5) is 0 Å². The van der Waals surface area contributed by atoms with E-state index >= 15 is 0 Å². The summed E-state index contributed by atoms with van der Waals surface area (Å²) in [4.78, 5) is 2.96. The molecule has 3 aliphatic rings. The average molecular weight is 288 g/mol. The second kappa shape index (κ2) is 7.63. The normalized spacial score (nSPS) is 33.0. The number of nitriles is 1. The molecule has 0 aromatic rings. The highest BCUT2D eigenvalue weighted by Gasteiger charge is 2.36. The van der Waals surface area contributed by atoms with E-state index in [4.69, 9.17) is 0 Å². The molecule has 0 saturated heterocycles. The third-order valence-corrected chi connectivity index (χ3v) is 6.24. The molecule has 0 heterocycles. The molecule has 0 spiro atoms. The lowest BCUT2D eigenvalue weighted by Gasteiger charge is -2.48. The molecule has 3 saturated carbocycles. The van der Waals surface area contributed by atoms with Gasteiger partial charge >= 0.3 is 0 Å². The Bertz CT molecular complexity index is 329. The largest absolute Gasteiger partial charge is 0.294 e. The van der Waals surface area contributed by atoms with Crippen LogP contribution >= 0.6 is 0 Å². The van der Waals surface area contributed by atoms with E-state index in [-0.39, 0.29) is 0 Å². The second-order valence-electron chi connectivity index (χ2n) is 7.68. The highest BCUT2D eigenvalue weighted by atomic mass is 15.2. The maximum Gasteiger partial charge on any atom is 0.0656 e. The van der Waals surface area contributed by atoms with Crippen LogP contribution in [0.3, 0.4) is 0 Å². The summed E-state index contributed by atoms with van der Waals surface area (Å²) in [5.74, 6) is 0.332. The minimum Gasteiger partial charge on any atom is -0.294 e. The molecular weight excluding hydrogens is 256 g/mol. The summed E-state index contributed by atoms with van der Waals surface area (Å²) in [7, 11) is 0. The molecule has 0 amide bonds. The van der Waals surface area contributed by atoms with Gasteiger partial charge in [-0.05, 0) is 44.9 Å². The molecule has 118 valence electrons. The Morgan fingerprint density at radius 1 is 0.619 bits per heavy atom. The summed E-state index contributed by atoms with van der Waals surface area (Å²) in [5, 5.41) is 9.34. The van der Waals surface area contributed by atoms with Crippen molar-refractivity contribution in [2.24, 2.45) is 5.92 Å². The van der Waals surface area contributed by atoms with Crippen LogP contribution in [-0.4, -0.2) is 23.0 Å². The van der Waals surface area contributed by atoms with Crippen molar-refractivity contribution >= 4 is 0 Å². The van der Waals surface area contributed by atoms with Crippen LogP contribution in [0.1, 0.15) is 89.9 Å². The monoisotopic (exact) mass is 288 g/mol. The van der Waals surface area contributed by atoms with Crippen LogP contribution in [-0.2, 0) is 0 Å². The standard InChI is InChI=1S/C19H32N2/c20-15-16-8-7-13-19(14-16)21(17-9-3-1-4-10-17)18-11-5-2-6-12-18/h16-19H,1-14H2. The summed E-state index contributed by atoms with van der Waals surface area (Å²) in [6.07, 6.45) is 19.2. The first-order valence-corrected chi connectivity index (χ1v) is 9.55. The predicted octanol–water partition coefficient (Wildman–Crippen LogP) is 5.04. The molecule has 2 heteroatoms. The molecule has 0 aromatic carbocycles. The van der Waals surface area contributed by atoms with Gasteiger partial charge in [-0.1, -0.05) is 44.9 Å². The van der Waals surface area contributed by atoms with Gasteiger partial charge in [-0.25, -0.2) is 0 Å². The summed E-state index contributed by atoms with van der Waals surface area (Å²) in [6.45, 7) is 0. The number of hydrogen-bond acceptors (Lipinski definition) is 2. The van der Waals surface area contributed by atoms with Crippen LogP contribution in [0, 0.1) is 17.2 Å². The lowest BCUT2D eigenvalue weighted by Crippen LogP contribution is -2.52. The number of rotatable bonds is 3. The SMILES string of the molecule is N#CC1CCCC(N(C2CCCCC2)C2CCCCC2)C1. The molecule has 3 fully saturated rings. The van der Waals surface area contributed by atoms with Gasteiger partial charge in [-0.15, -0.1) is 0 Å². The van der Waals surface area contributed by atoms with Crippen molar-refractivity contribution in [3.8, 4) is 6.07 Å². The van der Waals surface area contributed by atoms with Gasteiger partial charge in [-0.3, -0.25) is 4.90 Å². The number of hydrogen-bond donors (Lipinski definition) is 0. The lowest BCUT2D eigenvalue weighted by molar-refractivity contribution is 0.0167.